The van der Waals surface area contributed by atoms with Crippen molar-refractivity contribution in [3.05, 3.63) is 228 Å². The maximum atomic E-state index is 10.1. The second-order valence-corrected chi connectivity index (χ2v) is 15.9. The molecule has 0 amide bonds. The van der Waals surface area contributed by atoms with Crippen LogP contribution in [0.5, 0.6) is 0 Å². The lowest BCUT2D eigenvalue weighted by molar-refractivity contribution is 0.792. The molecule has 0 atom stereocenters. The number of rotatable bonds is 3. The fraction of sp³-hybridized carbons (Fsp3) is 0.0179. The van der Waals surface area contributed by atoms with Crippen LogP contribution in [-0.4, -0.2) is 9.13 Å². The zero-order valence-corrected chi connectivity index (χ0v) is 31.9. The monoisotopic (exact) mass is 747 g/mol. The van der Waals surface area contributed by atoms with E-state index in [1.165, 1.54) is 99.2 Å². The fourth-order valence-corrected chi connectivity index (χ4v) is 10.8. The molecule has 2 heterocycles. The Balaban J connectivity index is 1.02. The number of benzene rings is 9. The maximum Gasteiger partial charge on any atom is 0.0991 e. The van der Waals surface area contributed by atoms with Gasteiger partial charge in [0.25, 0.3) is 0 Å². The summed E-state index contributed by atoms with van der Waals surface area (Å²) < 4.78 is 4.81. The van der Waals surface area contributed by atoms with E-state index in [1.54, 1.807) is 0 Å². The molecule has 0 radical (unpaired) electrons. The Morgan fingerprint density at radius 3 is 1.42 bits per heavy atom. The minimum absolute atomic E-state index is 0.547. The van der Waals surface area contributed by atoms with E-state index >= 15 is 0 Å². The number of aromatic nitrogens is 2. The molecule has 0 fully saturated rings. The normalized spacial score (nSPS) is 13.2. The van der Waals surface area contributed by atoms with E-state index in [0.717, 1.165) is 11.4 Å². The highest BCUT2D eigenvalue weighted by Crippen LogP contribution is 2.63. The molecular formula is C56H33N3. The summed E-state index contributed by atoms with van der Waals surface area (Å²) in [5.74, 6) is 0. The lowest BCUT2D eigenvalue weighted by atomic mass is 9.70. The maximum absolute atomic E-state index is 10.1. The van der Waals surface area contributed by atoms with Crippen LogP contribution >= 0.6 is 0 Å². The van der Waals surface area contributed by atoms with Gasteiger partial charge in [-0.2, -0.15) is 5.26 Å². The van der Waals surface area contributed by atoms with E-state index in [-0.39, 0.29) is 0 Å². The summed E-state index contributed by atoms with van der Waals surface area (Å²) in [6, 6.07) is 75.4. The topological polar surface area (TPSA) is 33.6 Å². The van der Waals surface area contributed by atoms with Gasteiger partial charge in [-0.1, -0.05) is 127 Å². The molecule has 0 bridgehead atoms. The summed E-state index contributed by atoms with van der Waals surface area (Å²) in [5.41, 5.74) is 19.4. The van der Waals surface area contributed by atoms with Crippen molar-refractivity contribution < 1.29 is 0 Å². The van der Waals surface area contributed by atoms with Crippen LogP contribution in [0.25, 0.3) is 88.4 Å². The van der Waals surface area contributed by atoms with Crippen molar-refractivity contribution in [2.24, 2.45) is 0 Å². The fourth-order valence-electron chi connectivity index (χ4n) is 10.8. The van der Waals surface area contributed by atoms with Gasteiger partial charge in [-0.25, -0.2) is 0 Å². The van der Waals surface area contributed by atoms with Crippen LogP contribution in [0.15, 0.2) is 200 Å². The van der Waals surface area contributed by atoms with Crippen molar-refractivity contribution in [1.29, 1.82) is 5.26 Å². The Labute approximate surface area is 340 Å². The predicted octanol–water partition coefficient (Wildman–Crippen LogP) is 13.8. The number of para-hydroxylation sites is 3. The highest BCUT2D eigenvalue weighted by Gasteiger charge is 2.51. The van der Waals surface area contributed by atoms with Crippen LogP contribution < -0.4 is 0 Å². The lowest BCUT2D eigenvalue weighted by Crippen LogP contribution is -2.26. The lowest BCUT2D eigenvalue weighted by Gasteiger charge is -2.31. The Morgan fingerprint density at radius 1 is 0.339 bits per heavy atom. The number of hydrogen-bond donors (Lipinski definition) is 0. The van der Waals surface area contributed by atoms with Gasteiger partial charge in [-0.15, -0.1) is 0 Å². The van der Waals surface area contributed by atoms with Gasteiger partial charge in [-0.3, -0.25) is 0 Å². The van der Waals surface area contributed by atoms with Crippen LogP contribution in [0.2, 0.25) is 0 Å². The molecule has 2 aliphatic carbocycles. The molecule has 2 aromatic heterocycles. The third kappa shape index (κ3) is 4.20. The summed E-state index contributed by atoms with van der Waals surface area (Å²) in [6.45, 7) is 0. The van der Waals surface area contributed by atoms with E-state index in [2.05, 4.69) is 209 Å². The molecule has 0 N–H and O–H groups in total. The van der Waals surface area contributed by atoms with Gasteiger partial charge < -0.3 is 9.13 Å². The van der Waals surface area contributed by atoms with E-state index in [1.807, 2.05) is 6.07 Å². The van der Waals surface area contributed by atoms with E-state index in [0.29, 0.717) is 5.56 Å². The van der Waals surface area contributed by atoms with Gasteiger partial charge >= 0.3 is 0 Å². The smallest absolute Gasteiger partial charge is 0.0991 e. The molecule has 3 heteroatoms. The molecular weight excluding hydrogens is 715 g/mol. The van der Waals surface area contributed by atoms with Crippen molar-refractivity contribution in [3.8, 4) is 50.8 Å². The number of hydrogen-bond acceptors (Lipinski definition) is 1. The third-order valence-corrected chi connectivity index (χ3v) is 13.2. The molecule has 0 saturated heterocycles. The van der Waals surface area contributed by atoms with Gasteiger partial charge in [-0.05, 0) is 128 Å². The van der Waals surface area contributed by atoms with Crippen LogP contribution in [0.4, 0.5) is 0 Å². The summed E-state index contributed by atoms with van der Waals surface area (Å²) in [4.78, 5) is 0. The van der Waals surface area contributed by atoms with Crippen molar-refractivity contribution in [3.63, 3.8) is 0 Å². The molecule has 272 valence electrons. The van der Waals surface area contributed by atoms with Crippen LogP contribution in [0, 0.1) is 11.3 Å². The molecule has 9 aromatic carbocycles. The quantitative estimate of drug-likeness (QED) is 0.177. The Morgan fingerprint density at radius 2 is 0.814 bits per heavy atom. The van der Waals surface area contributed by atoms with Crippen molar-refractivity contribution in [1.82, 2.24) is 9.13 Å². The average Bonchev–Trinajstić information content (AvgIpc) is 4.00. The van der Waals surface area contributed by atoms with Gasteiger partial charge in [0.2, 0.25) is 0 Å². The minimum Gasteiger partial charge on any atom is -0.309 e. The molecule has 1 spiro atoms. The summed E-state index contributed by atoms with van der Waals surface area (Å²) >= 11 is 0. The first-order valence-corrected chi connectivity index (χ1v) is 20.2. The first-order valence-electron chi connectivity index (χ1n) is 20.2. The molecule has 59 heavy (non-hydrogen) atoms. The SMILES string of the molecule is N#Cc1ccc2c(c1)C1(c3ccccc3-c3ccccc31)c1cc(-n3c4ccccc4c4cc(-c5ccc6c(c5)c5ccccc5n6-c5ccccc5)ccc43)ccc1-2. The van der Waals surface area contributed by atoms with Gasteiger partial charge in [0, 0.05) is 32.9 Å². The summed E-state index contributed by atoms with van der Waals surface area (Å²) in [5, 5.41) is 15.1. The predicted molar refractivity (Wildman–Crippen MR) is 242 cm³/mol. The number of nitriles is 1. The Bertz CT molecular complexity index is 3590. The highest BCUT2D eigenvalue weighted by atomic mass is 15.0. The second kappa shape index (κ2) is 11.8. The van der Waals surface area contributed by atoms with E-state index in [9.17, 15) is 5.26 Å². The molecule has 3 nitrogen and oxygen atoms in total. The van der Waals surface area contributed by atoms with Gasteiger partial charge in [0.1, 0.15) is 0 Å². The molecule has 13 rings (SSSR count). The van der Waals surface area contributed by atoms with Crippen molar-refractivity contribution in [2.45, 2.75) is 5.41 Å². The standard InChI is InChI=1S/C56H33N3/c57-34-35-22-26-42-43-27-25-39(33-51(43)56(50(42)30-35)48-18-8-4-14-40(48)41-15-5-9-19-49(41)56)59-53-21-11-7-17-45(53)47-32-37(24-29-55(47)59)36-23-28-54-46(31-36)44-16-6-10-20-52(44)58(54)38-12-2-1-3-13-38/h1-33H. The van der Waals surface area contributed by atoms with Crippen LogP contribution in [0.1, 0.15) is 27.8 Å². The number of nitrogens with zero attached hydrogens (tertiary/aromatic N) is 3. The van der Waals surface area contributed by atoms with Gasteiger partial charge in [0.15, 0.2) is 0 Å². The zero-order valence-electron chi connectivity index (χ0n) is 31.9. The first-order chi connectivity index (χ1) is 29.2. The van der Waals surface area contributed by atoms with Crippen molar-refractivity contribution in [2.75, 3.05) is 0 Å². The van der Waals surface area contributed by atoms with Gasteiger partial charge in [0.05, 0.1) is 39.1 Å². The molecule has 0 saturated carbocycles. The van der Waals surface area contributed by atoms with Crippen molar-refractivity contribution >= 4 is 43.6 Å². The Hall–Kier alpha value is -7.93. The number of fused-ring (bicyclic) bond motifs is 16. The molecule has 0 unspecified atom stereocenters. The molecule has 0 aliphatic heterocycles. The van der Waals surface area contributed by atoms with E-state index < -0.39 is 5.41 Å². The molecule has 2 aliphatic rings. The first kappa shape index (κ1) is 32.2. The highest BCUT2D eigenvalue weighted by molar-refractivity contribution is 6.13. The minimum atomic E-state index is -0.547. The third-order valence-electron chi connectivity index (χ3n) is 13.2. The summed E-state index contributed by atoms with van der Waals surface area (Å²) in [7, 11) is 0. The Kier molecular flexibility index (Phi) is 6.44. The zero-order chi connectivity index (χ0) is 38.8. The van der Waals surface area contributed by atoms with Crippen LogP contribution in [-0.2, 0) is 5.41 Å². The van der Waals surface area contributed by atoms with E-state index in [4.69, 9.17) is 0 Å². The second-order valence-electron chi connectivity index (χ2n) is 15.9. The molecule has 11 aromatic rings. The summed E-state index contributed by atoms with van der Waals surface area (Å²) in [6.07, 6.45) is 0. The average molecular weight is 748 g/mol. The van der Waals surface area contributed by atoms with Crippen LogP contribution in [0.3, 0.4) is 0 Å². The largest absolute Gasteiger partial charge is 0.309 e.